The number of rotatable bonds is 4. The van der Waals surface area contributed by atoms with E-state index in [1.54, 1.807) is 0 Å². The fraction of sp³-hybridized carbons (Fsp3) is 0.125. The highest BCUT2D eigenvalue weighted by atomic mass is 16.5. The number of benzene rings is 2. The molecule has 1 unspecified atom stereocenters. The largest absolute Gasteiger partial charge is 0.489 e. The minimum atomic E-state index is -0.562. The molecule has 2 aromatic rings. The van der Waals surface area contributed by atoms with Gasteiger partial charge in [-0.05, 0) is 23.3 Å². The van der Waals surface area contributed by atoms with Crippen LogP contribution in [0.4, 0.5) is 0 Å². The molecule has 3 rings (SSSR count). The van der Waals surface area contributed by atoms with Gasteiger partial charge in [-0.2, -0.15) is 0 Å². The molecule has 0 aromatic heterocycles. The van der Waals surface area contributed by atoms with Crippen molar-refractivity contribution in [2.45, 2.75) is 12.6 Å². The van der Waals surface area contributed by atoms with Crippen LogP contribution < -0.4 is 15.8 Å². The standard InChI is InChI=1S/C16H15N3O2/c17-16-18-14(15(20)19-16)12-6-8-13(9-7-12)21-10-11-4-2-1-3-5-11/h1-9,14H,10H2,(H3,17,18,19,20). The molecule has 0 spiro atoms. The summed E-state index contributed by atoms with van der Waals surface area (Å²) in [6.45, 7) is 0.509. The summed E-state index contributed by atoms with van der Waals surface area (Å²) in [4.78, 5) is 15.7. The van der Waals surface area contributed by atoms with E-state index in [4.69, 9.17) is 10.5 Å². The van der Waals surface area contributed by atoms with Crippen LogP contribution in [-0.4, -0.2) is 11.9 Å². The van der Waals surface area contributed by atoms with Crippen LogP contribution in [0, 0.1) is 0 Å². The average molecular weight is 281 g/mol. The van der Waals surface area contributed by atoms with Gasteiger partial charge >= 0.3 is 0 Å². The first-order valence-corrected chi connectivity index (χ1v) is 6.63. The number of amides is 1. The van der Waals surface area contributed by atoms with E-state index in [9.17, 15) is 4.79 Å². The molecule has 0 saturated carbocycles. The van der Waals surface area contributed by atoms with Crippen molar-refractivity contribution in [2.75, 3.05) is 0 Å². The lowest BCUT2D eigenvalue weighted by molar-refractivity contribution is -0.120. The van der Waals surface area contributed by atoms with Gasteiger partial charge in [-0.3, -0.25) is 10.1 Å². The predicted molar refractivity (Wildman–Crippen MR) is 79.7 cm³/mol. The topological polar surface area (TPSA) is 76.7 Å². The van der Waals surface area contributed by atoms with Crippen molar-refractivity contribution in [3.8, 4) is 5.75 Å². The maximum atomic E-state index is 11.6. The Morgan fingerprint density at radius 3 is 2.43 bits per heavy atom. The second-order valence-electron chi connectivity index (χ2n) is 4.75. The van der Waals surface area contributed by atoms with Crippen molar-refractivity contribution in [2.24, 2.45) is 10.7 Å². The van der Waals surface area contributed by atoms with E-state index in [0.717, 1.165) is 16.9 Å². The predicted octanol–water partition coefficient (Wildman–Crippen LogP) is 1.75. The van der Waals surface area contributed by atoms with Gasteiger partial charge in [-0.1, -0.05) is 42.5 Å². The van der Waals surface area contributed by atoms with E-state index < -0.39 is 6.04 Å². The Balaban J connectivity index is 1.66. The minimum absolute atomic E-state index is 0.161. The Bertz CT molecular complexity index is 666. The first kappa shape index (κ1) is 13.2. The Labute approximate surface area is 122 Å². The zero-order valence-corrected chi connectivity index (χ0v) is 11.3. The lowest BCUT2D eigenvalue weighted by atomic mass is 10.1. The van der Waals surface area contributed by atoms with Crippen LogP contribution in [0.3, 0.4) is 0 Å². The highest BCUT2D eigenvalue weighted by Gasteiger charge is 2.26. The number of ether oxygens (including phenoxy) is 1. The molecule has 1 atom stereocenters. The number of nitrogens with two attached hydrogens (primary N) is 1. The summed E-state index contributed by atoms with van der Waals surface area (Å²) >= 11 is 0. The number of aliphatic imine (C=N–C) groups is 1. The number of hydrogen-bond donors (Lipinski definition) is 2. The summed E-state index contributed by atoms with van der Waals surface area (Å²) in [7, 11) is 0. The van der Waals surface area contributed by atoms with Gasteiger partial charge in [0, 0.05) is 0 Å². The van der Waals surface area contributed by atoms with Gasteiger partial charge in [0.05, 0.1) is 0 Å². The normalized spacial score (nSPS) is 17.2. The van der Waals surface area contributed by atoms with E-state index >= 15 is 0 Å². The molecule has 0 bridgehead atoms. The van der Waals surface area contributed by atoms with Crippen LogP contribution >= 0.6 is 0 Å². The Morgan fingerprint density at radius 2 is 1.81 bits per heavy atom. The second-order valence-corrected chi connectivity index (χ2v) is 4.75. The molecule has 5 heteroatoms. The molecule has 0 saturated heterocycles. The number of hydrogen-bond acceptors (Lipinski definition) is 4. The molecule has 106 valence electrons. The first-order chi connectivity index (χ1) is 10.2. The van der Waals surface area contributed by atoms with E-state index in [0.29, 0.717) is 6.61 Å². The van der Waals surface area contributed by atoms with Crippen molar-refractivity contribution in [3.05, 3.63) is 65.7 Å². The zero-order valence-electron chi connectivity index (χ0n) is 11.3. The van der Waals surface area contributed by atoms with Gasteiger partial charge in [0.25, 0.3) is 5.91 Å². The molecule has 1 aliphatic heterocycles. The second kappa shape index (κ2) is 5.66. The third kappa shape index (κ3) is 3.02. The summed E-state index contributed by atoms with van der Waals surface area (Å²) in [5.41, 5.74) is 7.39. The highest BCUT2D eigenvalue weighted by Crippen LogP contribution is 2.23. The molecule has 0 fully saturated rings. The van der Waals surface area contributed by atoms with Crippen molar-refractivity contribution < 1.29 is 9.53 Å². The van der Waals surface area contributed by atoms with E-state index in [1.807, 2.05) is 54.6 Å². The molecule has 21 heavy (non-hydrogen) atoms. The number of carbonyl (C=O) groups is 1. The van der Waals surface area contributed by atoms with Gasteiger partial charge in [0.1, 0.15) is 12.4 Å². The summed E-state index contributed by atoms with van der Waals surface area (Å²) in [5.74, 6) is 0.706. The SMILES string of the molecule is NC1=NC(c2ccc(OCc3ccccc3)cc2)C(=O)N1. The fourth-order valence-electron chi connectivity index (χ4n) is 2.14. The third-order valence-electron chi connectivity index (χ3n) is 3.21. The number of nitrogens with zero attached hydrogens (tertiary/aromatic N) is 1. The van der Waals surface area contributed by atoms with Crippen LogP contribution in [0.25, 0.3) is 0 Å². The van der Waals surface area contributed by atoms with Gasteiger partial charge in [0.2, 0.25) is 0 Å². The van der Waals surface area contributed by atoms with Crippen LogP contribution in [0.5, 0.6) is 5.75 Å². The fourth-order valence-corrected chi connectivity index (χ4v) is 2.14. The molecule has 1 heterocycles. The van der Waals surface area contributed by atoms with Crippen molar-refractivity contribution in [1.29, 1.82) is 0 Å². The summed E-state index contributed by atoms with van der Waals surface area (Å²) in [6.07, 6.45) is 0. The molecular formula is C16H15N3O2. The Kier molecular flexibility index (Phi) is 3.55. The van der Waals surface area contributed by atoms with Crippen molar-refractivity contribution in [3.63, 3.8) is 0 Å². The molecule has 1 aliphatic rings. The summed E-state index contributed by atoms with van der Waals surface area (Å²) < 4.78 is 5.70. The molecule has 2 aromatic carbocycles. The van der Waals surface area contributed by atoms with E-state index in [-0.39, 0.29) is 11.9 Å². The number of guanidine groups is 1. The van der Waals surface area contributed by atoms with Gasteiger partial charge < -0.3 is 10.5 Å². The van der Waals surface area contributed by atoms with E-state index in [1.165, 1.54) is 0 Å². The summed E-state index contributed by atoms with van der Waals surface area (Å²) in [6, 6.07) is 16.7. The number of nitrogens with one attached hydrogen (secondary N) is 1. The van der Waals surface area contributed by atoms with Crippen LogP contribution in [0.1, 0.15) is 17.2 Å². The van der Waals surface area contributed by atoms with E-state index in [2.05, 4.69) is 10.3 Å². The molecular weight excluding hydrogens is 266 g/mol. The molecule has 0 aliphatic carbocycles. The average Bonchev–Trinajstić information content (AvgIpc) is 2.85. The third-order valence-corrected chi connectivity index (χ3v) is 3.21. The molecule has 1 amide bonds. The van der Waals surface area contributed by atoms with Gasteiger partial charge in [-0.15, -0.1) is 0 Å². The van der Waals surface area contributed by atoms with Crippen LogP contribution in [0.2, 0.25) is 0 Å². The lowest BCUT2D eigenvalue weighted by Crippen LogP contribution is -2.31. The summed E-state index contributed by atoms with van der Waals surface area (Å²) in [5, 5.41) is 2.48. The van der Waals surface area contributed by atoms with Gasteiger partial charge in [0.15, 0.2) is 12.0 Å². The van der Waals surface area contributed by atoms with Crippen LogP contribution in [0.15, 0.2) is 59.6 Å². The number of carbonyl (C=O) groups excluding carboxylic acids is 1. The maximum Gasteiger partial charge on any atom is 0.256 e. The quantitative estimate of drug-likeness (QED) is 0.896. The minimum Gasteiger partial charge on any atom is -0.489 e. The smallest absolute Gasteiger partial charge is 0.256 e. The van der Waals surface area contributed by atoms with Crippen LogP contribution in [-0.2, 0) is 11.4 Å². The lowest BCUT2D eigenvalue weighted by Gasteiger charge is -2.08. The van der Waals surface area contributed by atoms with Crippen molar-refractivity contribution in [1.82, 2.24) is 5.32 Å². The molecule has 5 nitrogen and oxygen atoms in total. The van der Waals surface area contributed by atoms with Gasteiger partial charge in [-0.25, -0.2) is 4.99 Å². The maximum absolute atomic E-state index is 11.6. The van der Waals surface area contributed by atoms with Crippen molar-refractivity contribution >= 4 is 11.9 Å². The molecule has 3 N–H and O–H groups in total. The molecule has 0 radical (unpaired) electrons. The monoisotopic (exact) mass is 281 g/mol. The highest BCUT2D eigenvalue weighted by molar-refractivity contribution is 6.04. The Morgan fingerprint density at radius 1 is 1.10 bits per heavy atom. The zero-order chi connectivity index (χ0) is 14.7. The first-order valence-electron chi connectivity index (χ1n) is 6.63. The Hall–Kier alpha value is -2.82.